The minimum absolute atomic E-state index is 0.0159. The Morgan fingerprint density at radius 3 is 2.53 bits per heavy atom. The molecule has 0 fully saturated rings. The van der Waals surface area contributed by atoms with Crippen LogP contribution in [0.4, 0.5) is 5.69 Å². The van der Waals surface area contributed by atoms with Crippen LogP contribution in [-0.2, 0) is 38.9 Å². The highest BCUT2D eigenvalue weighted by atomic mass is 32.2. The van der Waals surface area contributed by atoms with E-state index in [1.54, 1.807) is 6.07 Å². The fraction of sp³-hybridized carbons (Fsp3) is 0.231. The molecule has 7 nitrogen and oxygen atoms in total. The lowest BCUT2D eigenvalue weighted by Gasteiger charge is -2.28. The van der Waals surface area contributed by atoms with Crippen LogP contribution in [0.2, 0.25) is 0 Å². The summed E-state index contributed by atoms with van der Waals surface area (Å²) in [7, 11) is -3.79. The Morgan fingerprint density at radius 1 is 0.971 bits per heavy atom. The molecular weight excluding hydrogens is 452 g/mol. The van der Waals surface area contributed by atoms with Gasteiger partial charge in [-0.3, -0.25) is 4.79 Å². The third-order valence-corrected chi connectivity index (χ3v) is 7.60. The molecule has 34 heavy (non-hydrogen) atoms. The molecule has 1 N–H and O–H groups in total. The maximum atomic E-state index is 13.2. The van der Waals surface area contributed by atoms with Gasteiger partial charge in [0.2, 0.25) is 10.0 Å². The zero-order valence-corrected chi connectivity index (χ0v) is 19.7. The summed E-state index contributed by atoms with van der Waals surface area (Å²) < 4.78 is 32.9. The van der Waals surface area contributed by atoms with Crippen LogP contribution in [-0.4, -0.2) is 37.8 Å². The number of carbonyl (C=O) groups is 2. The van der Waals surface area contributed by atoms with Crippen molar-refractivity contribution < 1.29 is 22.7 Å². The Morgan fingerprint density at radius 2 is 1.74 bits per heavy atom. The number of amides is 1. The molecule has 1 aliphatic rings. The Kier molecular flexibility index (Phi) is 7.09. The number of nitrogens with one attached hydrogen (secondary N) is 1. The van der Waals surface area contributed by atoms with E-state index in [0.717, 1.165) is 23.1 Å². The van der Waals surface area contributed by atoms with Gasteiger partial charge in [-0.2, -0.15) is 4.31 Å². The van der Waals surface area contributed by atoms with E-state index in [-0.39, 0.29) is 17.0 Å². The molecule has 3 aromatic carbocycles. The minimum atomic E-state index is -3.79. The average molecular weight is 479 g/mol. The normalized spacial score (nSPS) is 13.7. The predicted octanol–water partition coefficient (Wildman–Crippen LogP) is 3.79. The summed E-state index contributed by atoms with van der Waals surface area (Å²) in [6.45, 7) is 2.19. The Hall–Kier alpha value is -3.49. The molecule has 4 rings (SSSR count). The van der Waals surface area contributed by atoms with Crippen molar-refractivity contribution in [3.8, 4) is 0 Å². The second-order valence-electron chi connectivity index (χ2n) is 8.06. The van der Waals surface area contributed by atoms with Gasteiger partial charge >= 0.3 is 5.97 Å². The molecule has 1 amide bonds. The molecule has 8 heteroatoms. The first-order valence-electron chi connectivity index (χ1n) is 11.1. The van der Waals surface area contributed by atoms with Crippen LogP contribution in [0, 0.1) is 0 Å². The second kappa shape index (κ2) is 10.2. The fourth-order valence-electron chi connectivity index (χ4n) is 3.89. The number of aryl methyl sites for hydroxylation is 1. The van der Waals surface area contributed by atoms with Crippen molar-refractivity contribution in [3.05, 3.63) is 95.1 Å². The number of nitrogens with zero attached hydrogens (tertiary/aromatic N) is 1. The Labute approximate surface area is 199 Å². The number of carbonyl (C=O) groups excluding carboxylic acids is 2. The molecule has 1 heterocycles. The summed E-state index contributed by atoms with van der Waals surface area (Å²) in [4.78, 5) is 24.7. The van der Waals surface area contributed by atoms with Crippen molar-refractivity contribution in [1.82, 2.24) is 4.31 Å². The number of hydrogen-bond donors (Lipinski definition) is 1. The number of hydrogen-bond acceptors (Lipinski definition) is 5. The highest BCUT2D eigenvalue weighted by Gasteiger charge is 2.28. The summed E-state index contributed by atoms with van der Waals surface area (Å²) in [5, 5.41) is 2.69. The van der Waals surface area contributed by atoms with E-state index in [9.17, 15) is 18.0 Å². The average Bonchev–Trinajstić information content (AvgIpc) is 2.87. The molecule has 0 saturated heterocycles. The summed E-state index contributed by atoms with van der Waals surface area (Å²) >= 11 is 0. The lowest BCUT2D eigenvalue weighted by atomic mass is 10.0. The van der Waals surface area contributed by atoms with Crippen LogP contribution >= 0.6 is 0 Å². The number of ether oxygens (including phenoxy) is 1. The summed E-state index contributed by atoms with van der Waals surface area (Å²) in [5.41, 5.74) is 3.88. The number of sulfonamides is 1. The van der Waals surface area contributed by atoms with Crippen LogP contribution in [0.15, 0.2) is 77.7 Å². The predicted molar refractivity (Wildman–Crippen MR) is 129 cm³/mol. The quantitative estimate of drug-likeness (QED) is 0.522. The standard InChI is InChI=1S/C26H26N2O5S/c1-2-19-7-5-11-23(15-19)27-25(29)18-33-26(30)21-10-6-12-24(16-21)34(31,32)28-14-13-20-8-3-4-9-22(20)17-28/h3-12,15-16H,2,13-14,17-18H2,1H3,(H,27,29). The van der Waals surface area contributed by atoms with Crippen molar-refractivity contribution in [2.75, 3.05) is 18.5 Å². The number of rotatable bonds is 7. The van der Waals surface area contributed by atoms with Crippen molar-refractivity contribution >= 4 is 27.6 Å². The van der Waals surface area contributed by atoms with Gasteiger partial charge in [0.05, 0.1) is 10.5 Å². The highest BCUT2D eigenvalue weighted by Crippen LogP contribution is 2.25. The van der Waals surface area contributed by atoms with E-state index in [1.165, 1.54) is 28.6 Å². The number of anilines is 1. The van der Waals surface area contributed by atoms with Gasteiger partial charge in [-0.15, -0.1) is 0 Å². The first-order valence-corrected chi connectivity index (χ1v) is 12.5. The zero-order chi connectivity index (χ0) is 24.1. The Balaban J connectivity index is 1.40. The minimum Gasteiger partial charge on any atom is -0.452 e. The molecule has 176 valence electrons. The fourth-order valence-corrected chi connectivity index (χ4v) is 5.35. The molecule has 0 bridgehead atoms. The molecule has 0 saturated carbocycles. The Bertz CT molecular complexity index is 1320. The van der Waals surface area contributed by atoms with Gasteiger partial charge in [0.1, 0.15) is 0 Å². The largest absolute Gasteiger partial charge is 0.452 e. The number of fused-ring (bicyclic) bond motifs is 1. The van der Waals surface area contributed by atoms with E-state index >= 15 is 0 Å². The van der Waals surface area contributed by atoms with E-state index in [2.05, 4.69) is 5.32 Å². The SMILES string of the molecule is CCc1cccc(NC(=O)COC(=O)c2cccc(S(=O)(=O)N3CCc4ccccc4C3)c2)c1. The van der Waals surface area contributed by atoms with Crippen molar-refractivity contribution in [2.45, 2.75) is 31.2 Å². The van der Waals surface area contributed by atoms with E-state index in [1.807, 2.05) is 49.4 Å². The van der Waals surface area contributed by atoms with Gasteiger partial charge in [-0.1, -0.05) is 49.4 Å². The van der Waals surface area contributed by atoms with Crippen molar-refractivity contribution in [3.63, 3.8) is 0 Å². The molecule has 1 aliphatic heterocycles. The second-order valence-corrected chi connectivity index (χ2v) is 10.0. The number of benzene rings is 3. The highest BCUT2D eigenvalue weighted by molar-refractivity contribution is 7.89. The van der Waals surface area contributed by atoms with E-state index in [0.29, 0.717) is 18.7 Å². The van der Waals surface area contributed by atoms with Gasteiger partial charge in [0, 0.05) is 18.8 Å². The van der Waals surface area contributed by atoms with Crippen LogP contribution in [0.5, 0.6) is 0 Å². The third-order valence-electron chi connectivity index (χ3n) is 5.76. The topological polar surface area (TPSA) is 92.8 Å². The van der Waals surface area contributed by atoms with Crippen LogP contribution in [0.25, 0.3) is 0 Å². The lowest BCUT2D eigenvalue weighted by Crippen LogP contribution is -2.36. The van der Waals surface area contributed by atoms with Gasteiger partial charge in [0.25, 0.3) is 5.91 Å². The van der Waals surface area contributed by atoms with Crippen LogP contribution < -0.4 is 5.32 Å². The molecule has 0 spiro atoms. The maximum Gasteiger partial charge on any atom is 0.338 e. The summed E-state index contributed by atoms with van der Waals surface area (Å²) in [6, 6.07) is 20.9. The smallest absolute Gasteiger partial charge is 0.338 e. The number of esters is 1. The lowest BCUT2D eigenvalue weighted by molar-refractivity contribution is -0.119. The van der Waals surface area contributed by atoms with Crippen LogP contribution in [0.3, 0.4) is 0 Å². The molecule has 0 radical (unpaired) electrons. The summed E-state index contributed by atoms with van der Waals surface area (Å²) in [5.74, 6) is -1.24. The van der Waals surface area contributed by atoms with E-state index in [4.69, 9.17) is 4.74 Å². The first kappa shape index (κ1) is 23.7. The zero-order valence-electron chi connectivity index (χ0n) is 18.9. The van der Waals surface area contributed by atoms with Crippen molar-refractivity contribution in [1.29, 1.82) is 0 Å². The van der Waals surface area contributed by atoms with Gasteiger partial charge in [-0.25, -0.2) is 13.2 Å². The first-order chi connectivity index (χ1) is 16.4. The van der Waals surface area contributed by atoms with E-state index < -0.39 is 28.5 Å². The molecule has 3 aromatic rings. The van der Waals surface area contributed by atoms with Gasteiger partial charge < -0.3 is 10.1 Å². The molecule has 0 aromatic heterocycles. The maximum absolute atomic E-state index is 13.2. The van der Waals surface area contributed by atoms with Gasteiger partial charge in [0.15, 0.2) is 6.61 Å². The van der Waals surface area contributed by atoms with Crippen LogP contribution in [0.1, 0.15) is 34.0 Å². The molecule has 0 atom stereocenters. The third kappa shape index (κ3) is 5.35. The molecular formula is C26H26N2O5S. The van der Waals surface area contributed by atoms with Gasteiger partial charge in [-0.05, 0) is 59.9 Å². The molecule has 0 unspecified atom stereocenters. The monoisotopic (exact) mass is 478 g/mol. The summed E-state index contributed by atoms with van der Waals surface area (Å²) in [6.07, 6.45) is 1.47. The van der Waals surface area contributed by atoms with Crippen molar-refractivity contribution in [2.24, 2.45) is 0 Å². The molecule has 0 aliphatic carbocycles.